The predicted molar refractivity (Wildman–Crippen MR) is 102 cm³/mol. The molecule has 0 fully saturated rings. The van der Waals surface area contributed by atoms with Gasteiger partial charge in [0.2, 0.25) is 0 Å². The summed E-state index contributed by atoms with van der Waals surface area (Å²) in [6.07, 6.45) is 0.969. The Morgan fingerprint density at radius 1 is 1.08 bits per heavy atom. The third kappa shape index (κ3) is 8.82. The van der Waals surface area contributed by atoms with Crippen LogP contribution in [0.2, 0.25) is 19.6 Å². The average molecular weight is 368 g/mol. The van der Waals surface area contributed by atoms with Crippen molar-refractivity contribution in [1.29, 1.82) is 0 Å². The van der Waals surface area contributed by atoms with E-state index in [1.54, 1.807) is 13.8 Å². The van der Waals surface area contributed by atoms with Crippen LogP contribution in [0, 0.1) is 11.5 Å². The zero-order chi connectivity index (χ0) is 18.1. The van der Waals surface area contributed by atoms with Gasteiger partial charge in [0, 0.05) is 0 Å². The van der Waals surface area contributed by atoms with Gasteiger partial charge in [0.1, 0.15) is 14.2 Å². The van der Waals surface area contributed by atoms with E-state index in [0.717, 1.165) is 6.42 Å². The highest BCUT2D eigenvalue weighted by atomic mass is 31.2. The van der Waals surface area contributed by atoms with Crippen molar-refractivity contribution in [3.8, 4) is 11.5 Å². The molecule has 0 N–H and O–H groups in total. The summed E-state index contributed by atoms with van der Waals surface area (Å²) in [6, 6.07) is 10.1. The highest BCUT2D eigenvalue weighted by Gasteiger charge is 2.29. The van der Waals surface area contributed by atoms with Crippen molar-refractivity contribution < 1.29 is 18.1 Å². The standard InChI is InChI=1S/C18H29O4PSi/c1-6-20-23(19,21-7-2)22-18(15-16-24(3,4)5)14-13-17-11-9-8-10-12-17/h8-12,18H,6-7,13-14H2,1-5H3. The first kappa shape index (κ1) is 21.2. The molecule has 4 nitrogen and oxygen atoms in total. The Morgan fingerprint density at radius 2 is 1.67 bits per heavy atom. The van der Waals surface area contributed by atoms with Gasteiger partial charge in [-0.25, -0.2) is 4.57 Å². The van der Waals surface area contributed by atoms with E-state index < -0.39 is 22.0 Å². The minimum absolute atomic E-state index is 0.268. The van der Waals surface area contributed by atoms with Crippen molar-refractivity contribution in [2.24, 2.45) is 0 Å². The maximum atomic E-state index is 12.6. The number of benzene rings is 1. The van der Waals surface area contributed by atoms with Crippen molar-refractivity contribution >= 4 is 15.9 Å². The molecule has 1 rings (SSSR count). The number of phosphoric acid groups is 1. The molecule has 0 aliphatic rings. The molecule has 1 aromatic carbocycles. The Kier molecular flexibility index (Phi) is 8.97. The molecule has 0 aliphatic carbocycles. The zero-order valence-corrected chi connectivity index (χ0v) is 17.3. The van der Waals surface area contributed by atoms with Gasteiger partial charge in [0.05, 0.1) is 13.2 Å². The summed E-state index contributed by atoms with van der Waals surface area (Å²) in [6.45, 7) is 10.6. The van der Waals surface area contributed by atoms with Gasteiger partial charge in [-0.05, 0) is 32.3 Å². The maximum absolute atomic E-state index is 12.6. The number of rotatable bonds is 9. The normalized spacial score (nSPS) is 13.2. The van der Waals surface area contributed by atoms with Crippen LogP contribution in [0.3, 0.4) is 0 Å². The minimum Gasteiger partial charge on any atom is -0.287 e. The van der Waals surface area contributed by atoms with E-state index >= 15 is 0 Å². The van der Waals surface area contributed by atoms with Crippen LogP contribution >= 0.6 is 7.82 Å². The maximum Gasteiger partial charge on any atom is 0.475 e. The van der Waals surface area contributed by atoms with E-state index in [-0.39, 0.29) is 13.2 Å². The summed E-state index contributed by atoms with van der Waals surface area (Å²) in [7, 11) is -5.12. The molecule has 0 spiro atoms. The van der Waals surface area contributed by atoms with Crippen molar-refractivity contribution in [3.63, 3.8) is 0 Å². The Balaban J connectivity index is 2.87. The van der Waals surface area contributed by atoms with Crippen molar-refractivity contribution in [2.75, 3.05) is 13.2 Å². The molecule has 0 aliphatic heterocycles. The molecule has 6 heteroatoms. The molecule has 0 radical (unpaired) electrons. The van der Waals surface area contributed by atoms with Gasteiger partial charge in [-0.2, -0.15) is 0 Å². The Bertz CT molecular complexity index is 577. The molecule has 1 aromatic rings. The van der Waals surface area contributed by atoms with Crippen molar-refractivity contribution in [1.82, 2.24) is 0 Å². The number of phosphoric ester groups is 1. The predicted octanol–water partition coefficient (Wildman–Crippen LogP) is 5.07. The second-order valence-corrected chi connectivity index (χ2v) is 12.8. The van der Waals surface area contributed by atoms with Crippen LogP contribution in [0.5, 0.6) is 0 Å². The van der Waals surface area contributed by atoms with E-state index in [2.05, 4.69) is 43.2 Å². The second-order valence-electron chi connectivity index (χ2n) is 6.42. The smallest absolute Gasteiger partial charge is 0.287 e. The van der Waals surface area contributed by atoms with Crippen LogP contribution in [0.25, 0.3) is 0 Å². The van der Waals surface area contributed by atoms with Crippen LogP contribution in [0.15, 0.2) is 30.3 Å². The first-order chi connectivity index (χ1) is 11.3. The Labute approximate surface area is 147 Å². The molecule has 0 saturated heterocycles. The van der Waals surface area contributed by atoms with Gasteiger partial charge in [0.15, 0.2) is 0 Å². The highest BCUT2D eigenvalue weighted by Crippen LogP contribution is 2.50. The second kappa shape index (κ2) is 10.2. The molecule has 0 aromatic heterocycles. The quantitative estimate of drug-likeness (QED) is 0.347. The highest BCUT2D eigenvalue weighted by molar-refractivity contribution is 7.48. The fourth-order valence-electron chi connectivity index (χ4n) is 1.96. The van der Waals surface area contributed by atoms with Gasteiger partial charge < -0.3 is 0 Å². The fraction of sp³-hybridized carbons (Fsp3) is 0.556. The van der Waals surface area contributed by atoms with E-state index in [1.807, 2.05) is 18.2 Å². The van der Waals surface area contributed by atoms with E-state index in [0.29, 0.717) is 6.42 Å². The van der Waals surface area contributed by atoms with Crippen LogP contribution in [0.4, 0.5) is 0 Å². The average Bonchev–Trinajstić information content (AvgIpc) is 2.51. The summed E-state index contributed by atoms with van der Waals surface area (Å²) < 4.78 is 28.8. The Morgan fingerprint density at radius 3 is 2.17 bits per heavy atom. The third-order valence-corrected chi connectivity index (χ3v) is 5.53. The van der Waals surface area contributed by atoms with Crippen molar-refractivity contribution in [3.05, 3.63) is 35.9 Å². The summed E-state index contributed by atoms with van der Waals surface area (Å²) >= 11 is 0. The molecule has 0 saturated carbocycles. The van der Waals surface area contributed by atoms with Gasteiger partial charge >= 0.3 is 7.82 Å². The van der Waals surface area contributed by atoms with Crippen LogP contribution < -0.4 is 0 Å². The Hall–Kier alpha value is -0.893. The van der Waals surface area contributed by atoms with Gasteiger partial charge in [0.25, 0.3) is 0 Å². The largest absolute Gasteiger partial charge is 0.475 e. The molecule has 134 valence electrons. The third-order valence-electron chi connectivity index (χ3n) is 2.98. The first-order valence-corrected chi connectivity index (χ1v) is 13.4. The van der Waals surface area contributed by atoms with Gasteiger partial charge in [-0.3, -0.25) is 13.6 Å². The summed E-state index contributed by atoms with van der Waals surface area (Å²) in [5.74, 6) is 3.16. The number of hydrogen-bond acceptors (Lipinski definition) is 4. The lowest BCUT2D eigenvalue weighted by atomic mass is 10.1. The SMILES string of the molecule is CCOP(=O)(OCC)OC(C#C[Si](C)(C)C)CCc1ccccc1. The molecule has 0 amide bonds. The lowest BCUT2D eigenvalue weighted by molar-refractivity contribution is 0.101. The van der Waals surface area contributed by atoms with Gasteiger partial charge in [-0.1, -0.05) is 55.9 Å². The fourth-order valence-corrected chi connectivity index (χ4v) is 3.85. The molecule has 0 heterocycles. The van der Waals surface area contributed by atoms with E-state index in [1.165, 1.54) is 5.56 Å². The first-order valence-electron chi connectivity index (χ1n) is 8.42. The zero-order valence-electron chi connectivity index (χ0n) is 15.4. The van der Waals surface area contributed by atoms with E-state index in [4.69, 9.17) is 13.6 Å². The lowest BCUT2D eigenvalue weighted by Gasteiger charge is -2.20. The molecular weight excluding hydrogens is 339 g/mol. The van der Waals surface area contributed by atoms with Gasteiger partial charge in [-0.15, -0.1) is 5.54 Å². The summed E-state index contributed by atoms with van der Waals surface area (Å²) in [5, 5.41) is 0. The topological polar surface area (TPSA) is 44.8 Å². The summed E-state index contributed by atoms with van der Waals surface area (Å²) in [4.78, 5) is 0. The molecule has 1 unspecified atom stereocenters. The molecule has 24 heavy (non-hydrogen) atoms. The van der Waals surface area contributed by atoms with Crippen molar-refractivity contribution in [2.45, 2.75) is 52.4 Å². The minimum atomic E-state index is -3.57. The number of hydrogen-bond donors (Lipinski definition) is 0. The van der Waals surface area contributed by atoms with Crippen LogP contribution in [-0.4, -0.2) is 27.4 Å². The lowest BCUT2D eigenvalue weighted by Crippen LogP contribution is -2.19. The van der Waals surface area contributed by atoms with Crippen LogP contribution in [-0.2, 0) is 24.6 Å². The van der Waals surface area contributed by atoms with Crippen LogP contribution in [0.1, 0.15) is 25.8 Å². The molecule has 1 atom stereocenters. The van der Waals surface area contributed by atoms with E-state index in [9.17, 15) is 4.57 Å². The summed E-state index contributed by atoms with van der Waals surface area (Å²) in [5.41, 5.74) is 4.49. The number of aryl methyl sites for hydroxylation is 1. The molecule has 0 bridgehead atoms. The molecular formula is C18H29O4PSi. The monoisotopic (exact) mass is 368 g/mol.